The summed E-state index contributed by atoms with van der Waals surface area (Å²) in [7, 11) is -4.21. The van der Waals surface area contributed by atoms with Gasteiger partial charge in [0.2, 0.25) is 10.0 Å². The maximum Gasteiger partial charge on any atom is 0.552 e. The fraction of sp³-hybridized carbons (Fsp3) is 0.400. The van der Waals surface area contributed by atoms with Crippen LogP contribution in [0.5, 0.6) is 5.75 Å². The fourth-order valence-electron chi connectivity index (χ4n) is 3.37. The van der Waals surface area contributed by atoms with Gasteiger partial charge >= 0.3 is 7.12 Å². The van der Waals surface area contributed by atoms with E-state index in [9.17, 15) is 13.4 Å². The Kier molecular flexibility index (Phi) is 3.67. The Morgan fingerprint density at radius 1 is 1.50 bits per heavy atom. The number of hydrogen-bond donors (Lipinski definition) is 2. The normalized spacial score (nSPS) is 18.9. The molecule has 24 heavy (non-hydrogen) atoms. The zero-order chi connectivity index (χ0) is 16.9. The van der Waals surface area contributed by atoms with Crippen LogP contribution in [0.15, 0.2) is 24.4 Å². The van der Waals surface area contributed by atoms with Crippen LogP contribution >= 0.6 is 0 Å². The summed E-state index contributed by atoms with van der Waals surface area (Å²) < 4.78 is 31.3. The van der Waals surface area contributed by atoms with E-state index in [0.717, 1.165) is 22.2 Å². The molecule has 2 aliphatic heterocycles. The highest BCUT2D eigenvalue weighted by Gasteiger charge is 2.40. The van der Waals surface area contributed by atoms with Gasteiger partial charge in [0, 0.05) is 36.2 Å². The molecule has 0 spiro atoms. The molecule has 0 aromatic carbocycles. The van der Waals surface area contributed by atoms with Crippen molar-refractivity contribution in [3.63, 3.8) is 0 Å². The molecule has 2 aromatic rings. The first-order valence-corrected chi connectivity index (χ1v) is 9.61. The SMILES string of the molecule is CCCS(=O)(=O)N1CC(C2=CB(O)Oc3cnc4[nH]ccc4c32)C1. The summed E-state index contributed by atoms with van der Waals surface area (Å²) in [4.78, 5) is 7.34. The van der Waals surface area contributed by atoms with Crippen LogP contribution in [0, 0.1) is 5.92 Å². The molecule has 0 bridgehead atoms. The van der Waals surface area contributed by atoms with Crippen molar-refractivity contribution in [2.45, 2.75) is 13.3 Å². The molecule has 0 amide bonds. The molecule has 126 valence electrons. The number of aromatic nitrogens is 2. The van der Waals surface area contributed by atoms with Gasteiger partial charge in [0.25, 0.3) is 0 Å². The Balaban J connectivity index is 1.67. The highest BCUT2D eigenvalue weighted by Crippen LogP contribution is 2.42. The van der Waals surface area contributed by atoms with Crippen LogP contribution in [-0.2, 0) is 10.0 Å². The molecular weight excluding hydrogens is 329 g/mol. The van der Waals surface area contributed by atoms with Gasteiger partial charge in [-0.1, -0.05) is 6.92 Å². The Bertz CT molecular complexity index is 918. The van der Waals surface area contributed by atoms with Crippen LogP contribution in [-0.4, -0.2) is 53.7 Å². The van der Waals surface area contributed by atoms with Crippen LogP contribution in [0.3, 0.4) is 0 Å². The number of pyridine rings is 1. The summed E-state index contributed by atoms with van der Waals surface area (Å²) in [6.07, 6.45) is 4.01. The fourth-order valence-corrected chi connectivity index (χ4v) is 4.96. The molecule has 4 heterocycles. The number of nitrogens with one attached hydrogen (secondary N) is 1. The summed E-state index contributed by atoms with van der Waals surface area (Å²) in [5, 5.41) is 10.9. The second-order valence-corrected chi connectivity index (χ2v) is 8.29. The van der Waals surface area contributed by atoms with Crippen molar-refractivity contribution in [3.8, 4) is 5.75 Å². The number of hydrogen-bond acceptors (Lipinski definition) is 5. The average molecular weight is 347 g/mol. The van der Waals surface area contributed by atoms with E-state index in [1.165, 1.54) is 4.31 Å². The summed E-state index contributed by atoms with van der Waals surface area (Å²) >= 11 is 0. The minimum Gasteiger partial charge on any atom is -0.531 e. The standard InChI is InChI=1S/C15H18BN3O4S/c1-2-5-24(21,22)19-8-10(9-19)12-6-16(20)23-13-7-18-15-11(14(12)13)3-4-17-15/h3-4,6-7,10,20H,2,5,8-9H2,1H3,(H,17,18). The van der Waals surface area contributed by atoms with Gasteiger partial charge < -0.3 is 14.7 Å². The smallest absolute Gasteiger partial charge is 0.531 e. The first-order valence-electron chi connectivity index (χ1n) is 8.00. The predicted octanol–water partition coefficient (Wildman–Crippen LogP) is 1.03. The highest BCUT2D eigenvalue weighted by molar-refractivity contribution is 7.89. The molecule has 2 N–H and O–H groups in total. The third kappa shape index (κ3) is 2.43. The molecule has 2 aromatic heterocycles. The molecule has 0 unspecified atom stereocenters. The van der Waals surface area contributed by atoms with Gasteiger partial charge in [-0.25, -0.2) is 17.7 Å². The lowest BCUT2D eigenvalue weighted by molar-refractivity contribution is 0.250. The predicted molar refractivity (Wildman–Crippen MR) is 91.8 cm³/mol. The minimum absolute atomic E-state index is 0.0504. The van der Waals surface area contributed by atoms with Gasteiger partial charge in [-0.05, 0) is 24.0 Å². The molecule has 0 radical (unpaired) electrons. The molecule has 4 rings (SSSR count). The van der Waals surface area contributed by atoms with E-state index in [1.54, 1.807) is 18.4 Å². The molecule has 0 atom stereocenters. The zero-order valence-corrected chi connectivity index (χ0v) is 14.1. The average Bonchev–Trinajstić information content (AvgIpc) is 2.92. The summed E-state index contributed by atoms with van der Waals surface area (Å²) in [5.41, 5.74) is 2.57. The number of rotatable bonds is 4. The van der Waals surface area contributed by atoms with Crippen LogP contribution in [0.1, 0.15) is 18.9 Å². The molecule has 7 nitrogen and oxygen atoms in total. The Morgan fingerprint density at radius 2 is 2.29 bits per heavy atom. The third-order valence-corrected chi connectivity index (χ3v) is 6.56. The number of H-pyrrole nitrogens is 1. The lowest BCUT2D eigenvalue weighted by Crippen LogP contribution is -2.51. The van der Waals surface area contributed by atoms with E-state index < -0.39 is 17.1 Å². The molecule has 0 aliphatic carbocycles. The van der Waals surface area contributed by atoms with Crippen LogP contribution in [0.2, 0.25) is 0 Å². The van der Waals surface area contributed by atoms with Crippen molar-refractivity contribution >= 4 is 33.7 Å². The van der Waals surface area contributed by atoms with E-state index in [2.05, 4.69) is 9.97 Å². The van der Waals surface area contributed by atoms with E-state index in [4.69, 9.17) is 4.65 Å². The summed E-state index contributed by atoms with van der Waals surface area (Å²) in [6, 6.07) is 1.92. The van der Waals surface area contributed by atoms with Crippen molar-refractivity contribution < 1.29 is 18.1 Å². The van der Waals surface area contributed by atoms with E-state index in [-0.39, 0.29) is 11.7 Å². The van der Waals surface area contributed by atoms with Crippen molar-refractivity contribution in [2.75, 3.05) is 18.8 Å². The minimum atomic E-state index is -3.17. The Morgan fingerprint density at radius 3 is 3.04 bits per heavy atom. The largest absolute Gasteiger partial charge is 0.552 e. The molecule has 0 saturated carbocycles. The third-order valence-electron chi connectivity index (χ3n) is 4.55. The lowest BCUT2D eigenvalue weighted by Gasteiger charge is -2.40. The van der Waals surface area contributed by atoms with E-state index in [0.29, 0.717) is 25.3 Å². The highest BCUT2D eigenvalue weighted by atomic mass is 32.2. The topological polar surface area (TPSA) is 95.5 Å². The van der Waals surface area contributed by atoms with Crippen molar-refractivity contribution in [3.05, 3.63) is 30.0 Å². The van der Waals surface area contributed by atoms with Crippen molar-refractivity contribution in [1.29, 1.82) is 0 Å². The zero-order valence-electron chi connectivity index (χ0n) is 13.3. The van der Waals surface area contributed by atoms with E-state index in [1.807, 2.05) is 13.0 Å². The van der Waals surface area contributed by atoms with Gasteiger partial charge in [-0.2, -0.15) is 0 Å². The molecule has 1 saturated heterocycles. The second kappa shape index (κ2) is 5.61. The first-order chi connectivity index (χ1) is 11.5. The van der Waals surface area contributed by atoms with E-state index >= 15 is 0 Å². The monoisotopic (exact) mass is 347 g/mol. The molecule has 2 aliphatic rings. The number of fused-ring (bicyclic) bond motifs is 3. The summed E-state index contributed by atoms with van der Waals surface area (Å²) in [5.74, 6) is 2.42. The number of nitrogens with zero attached hydrogens (tertiary/aromatic N) is 2. The first kappa shape index (κ1) is 15.7. The lowest BCUT2D eigenvalue weighted by atomic mass is 9.75. The second-order valence-electron chi connectivity index (χ2n) is 6.20. The van der Waals surface area contributed by atoms with Gasteiger partial charge in [0.05, 0.1) is 11.9 Å². The molecular formula is C15H18BN3O4S. The summed E-state index contributed by atoms with van der Waals surface area (Å²) in [6.45, 7) is 2.74. The Labute approximate surface area is 140 Å². The quantitative estimate of drug-likeness (QED) is 0.806. The molecule has 1 fully saturated rings. The Hall–Kier alpha value is -1.84. The van der Waals surface area contributed by atoms with Gasteiger partial charge in [0.1, 0.15) is 11.4 Å². The molecule has 9 heteroatoms. The van der Waals surface area contributed by atoms with Crippen molar-refractivity contribution in [1.82, 2.24) is 14.3 Å². The number of aromatic amines is 1. The van der Waals surface area contributed by atoms with Gasteiger partial charge in [-0.3, -0.25) is 0 Å². The van der Waals surface area contributed by atoms with Crippen molar-refractivity contribution in [2.24, 2.45) is 5.92 Å². The van der Waals surface area contributed by atoms with Crippen LogP contribution < -0.4 is 4.65 Å². The van der Waals surface area contributed by atoms with Gasteiger partial charge in [-0.15, -0.1) is 0 Å². The van der Waals surface area contributed by atoms with Crippen LogP contribution in [0.4, 0.5) is 0 Å². The van der Waals surface area contributed by atoms with Crippen LogP contribution in [0.25, 0.3) is 16.6 Å². The number of sulfonamides is 1. The van der Waals surface area contributed by atoms with Gasteiger partial charge in [0.15, 0.2) is 0 Å². The maximum atomic E-state index is 12.1. The maximum absolute atomic E-state index is 12.1.